The van der Waals surface area contributed by atoms with Crippen LogP contribution in [0.2, 0.25) is 0 Å². The van der Waals surface area contributed by atoms with Gasteiger partial charge >= 0.3 is 0 Å². The van der Waals surface area contributed by atoms with Gasteiger partial charge in [-0.1, -0.05) is 24.3 Å². The highest BCUT2D eigenvalue weighted by Crippen LogP contribution is 2.16. The van der Waals surface area contributed by atoms with Crippen molar-refractivity contribution in [2.24, 2.45) is 0 Å². The van der Waals surface area contributed by atoms with Crippen molar-refractivity contribution in [1.29, 1.82) is 0 Å². The van der Waals surface area contributed by atoms with E-state index in [0.29, 0.717) is 12.1 Å². The lowest BCUT2D eigenvalue weighted by Gasteiger charge is -2.12. The summed E-state index contributed by atoms with van der Waals surface area (Å²) in [7, 11) is 4.07. The average Bonchev–Trinajstić information content (AvgIpc) is 3.07. The van der Waals surface area contributed by atoms with Gasteiger partial charge in [-0.25, -0.2) is 4.68 Å². The molecule has 3 rings (SSSR count). The van der Waals surface area contributed by atoms with Gasteiger partial charge in [-0.05, 0) is 62.1 Å². The molecule has 0 aliphatic rings. The minimum atomic E-state index is -0.0700. The van der Waals surface area contributed by atoms with Crippen LogP contribution in [-0.4, -0.2) is 36.3 Å². The Hall–Kier alpha value is -3.08. The second-order valence-electron chi connectivity index (χ2n) is 7.31. The van der Waals surface area contributed by atoms with Crippen molar-refractivity contribution in [3.8, 4) is 5.69 Å². The number of anilines is 1. The van der Waals surface area contributed by atoms with E-state index in [4.69, 9.17) is 0 Å². The zero-order valence-electron chi connectivity index (χ0n) is 17.1. The normalized spacial score (nSPS) is 10.7. The Morgan fingerprint density at radius 2 is 1.86 bits per heavy atom. The molecule has 0 bridgehead atoms. The number of benzene rings is 2. The van der Waals surface area contributed by atoms with Gasteiger partial charge in [0.05, 0.1) is 23.1 Å². The fourth-order valence-corrected chi connectivity index (χ4v) is 3.20. The largest absolute Gasteiger partial charge is 0.378 e. The highest BCUT2D eigenvalue weighted by atomic mass is 16.1. The van der Waals surface area contributed by atoms with Gasteiger partial charge in [0.15, 0.2) is 0 Å². The number of rotatable bonds is 7. The molecule has 2 aromatic carbocycles. The highest BCUT2D eigenvalue weighted by molar-refractivity contribution is 5.95. The van der Waals surface area contributed by atoms with Crippen LogP contribution in [0.4, 0.5) is 5.69 Å². The molecule has 0 radical (unpaired) electrons. The molecule has 3 aromatic rings. The number of carbonyl (C=O) groups is 1. The maximum Gasteiger partial charge on any atom is 0.254 e. The molecule has 0 aliphatic heterocycles. The summed E-state index contributed by atoms with van der Waals surface area (Å²) in [6.45, 7) is 4.61. The summed E-state index contributed by atoms with van der Waals surface area (Å²) in [4.78, 5) is 14.6. The van der Waals surface area contributed by atoms with E-state index in [0.717, 1.165) is 29.8 Å². The van der Waals surface area contributed by atoms with E-state index in [1.807, 2.05) is 50.8 Å². The second-order valence-corrected chi connectivity index (χ2v) is 7.31. The monoisotopic (exact) mass is 376 g/mol. The lowest BCUT2D eigenvalue weighted by Crippen LogP contribution is -2.25. The lowest BCUT2D eigenvalue weighted by atomic mass is 10.1. The number of amides is 1. The summed E-state index contributed by atoms with van der Waals surface area (Å²) < 4.78 is 1.81. The van der Waals surface area contributed by atoms with Crippen molar-refractivity contribution < 1.29 is 4.79 Å². The first-order valence-electron chi connectivity index (χ1n) is 9.62. The molecule has 1 heterocycles. The first-order chi connectivity index (χ1) is 13.5. The number of hydrogen-bond acceptors (Lipinski definition) is 3. The summed E-state index contributed by atoms with van der Waals surface area (Å²) >= 11 is 0. The van der Waals surface area contributed by atoms with E-state index in [1.54, 1.807) is 6.20 Å². The van der Waals surface area contributed by atoms with Crippen LogP contribution >= 0.6 is 0 Å². The number of aromatic nitrogens is 2. The molecule has 5 heteroatoms. The molecule has 0 saturated heterocycles. The van der Waals surface area contributed by atoms with Crippen LogP contribution in [0.3, 0.4) is 0 Å². The van der Waals surface area contributed by atoms with E-state index in [9.17, 15) is 4.79 Å². The van der Waals surface area contributed by atoms with Crippen LogP contribution in [0.25, 0.3) is 5.69 Å². The molecule has 28 heavy (non-hydrogen) atoms. The molecule has 1 aromatic heterocycles. The van der Waals surface area contributed by atoms with E-state index in [1.165, 1.54) is 11.3 Å². The molecule has 0 spiro atoms. The summed E-state index contributed by atoms with van der Waals surface area (Å²) in [6, 6.07) is 16.6. The van der Waals surface area contributed by atoms with Gasteiger partial charge in [-0.15, -0.1) is 0 Å². The van der Waals surface area contributed by atoms with Crippen molar-refractivity contribution in [3.63, 3.8) is 0 Å². The third-order valence-corrected chi connectivity index (χ3v) is 4.88. The first-order valence-corrected chi connectivity index (χ1v) is 9.62. The summed E-state index contributed by atoms with van der Waals surface area (Å²) in [6.07, 6.45) is 3.49. The molecule has 0 saturated carbocycles. The third-order valence-electron chi connectivity index (χ3n) is 4.88. The van der Waals surface area contributed by atoms with Crippen molar-refractivity contribution >= 4 is 11.6 Å². The van der Waals surface area contributed by atoms with Gasteiger partial charge in [0, 0.05) is 26.3 Å². The smallest absolute Gasteiger partial charge is 0.254 e. The van der Waals surface area contributed by atoms with Gasteiger partial charge in [0.1, 0.15) is 0 Å². The van der Waals surface area contributed by atoms with Crippen molar-refractivity contribution in [1.82, 2.24) is 15.1 Å². The Morgan fingerprint density at radius 1 is 1.11 bits per heavy atom. The maximum absolute atomic E-state index is 12.5. The molecule has 1 N–H and O–H groups in total. The lowest BCUT2D eigenvalue weighted by molar-refractivity contribution is 0.0952. The SMILES string of the molecule is Cc1cccc(-n2ncc(C(=O)NCCCc3ccc(N(C)C)cc3)c2C)c1. The first kappa shape index (κ1) is 19.7. The van der Waals surface area contributed by atoms with E-state index in [-0.39, 0.29) is 5.91 Å². The number of nitrogens with zero attached hydrogens (tertiary/aromatic N) is 3. The maximum atomic E-state index is 12.5. The molecular formula is C23H28N4O. The molecular weight excluding hydrogens is 348 g/mol. The number of carbonyl (C=O) groups excluding carboxylic acids is 1. The summed E-state index contributed by atoms with van der Waals surface area (Å²) in [5.41, 5.74) is 6.08. The quantitative estimate of drug-likeness (QED) is 0.636. The van der Waals surface area contributed by atoms with Gasteiger partial charge in [0.25, 0.3) is 5.91 Å². The topological polar surface area (TPSA) is 50.2 Å². The zero-order valence-corrected chi connectivity index (χ0v) is 17.1. The molecule has 1 amide bonds. The average molecular weight is 377 g/mol. The van der Waals surface area contributed by atoms with E-state index < -0.39 is 0 Å². The van der Waals surface area contributed by atoms with Gasteiger partial charge in [-0.2, -0.15) is 5.10 Å². The molecule has 0 unspecified atom stereocenters. The van der Waals surface area contributed by atoms with Crippen molar-refractivity contribution in [2.45, 2.75) is 26.7 Å². The highest BCUT2D eigenvalue weighted by Gasteiger charge is 2.14. The summed E-state index contributed by atoms with van der Waals surface area (Å²) in [5.74, 6) is -0.0700. The van der Waals surface area contributed by atoms with Crippen LogP contribution < -0.4 is 10.2 Å². The van der Waals surface area contributed by atoms with Crippen LogP contribution in [0.5, 0.6) is 0 Å². The molecule has 0 fully saturated rings. The van der Waals surface area contributed by atoms with E-state index in [2.05, 4.69) is 45.6 Å². The molecule has 0 aliphatic carbocycles. The fourth-order valence-electron chi connectivity index (χ4n) is 3.20. The third kappa shape index (κ3) is 4.60. The summed E-state index contributed by atoms with van der Waals surface area (Å²) in [5, 5.41) is 7.41. The van der Waals surface area contributed by atoms with Crippen molar-refractivity contribution in [3.05, 3.63) is 77.1 Å². The minimum Gasteiger partial charge on any atom is -0.378 e. The Kier molecular flexibility index (Phi) is 6.14. The van der Waals surface area contributed by atoms with Crippen molar-refractivity contribution in [2.75, 3.05) is 25.5 Å². The minimum absolute atomic E-state index is 0.0700. The zero-order chi connectivity index (χ0) is 20.1. The predicted molar refractivity (Wildman–Crippen MR) is 114 cm³/mol. The Balaban J connectivity index is 1.54. The second kappa shape index (κ2) is 8.74. The Bertz CT molecular complexity index is 941. The van der Waals surface area contributed by atoms with E-state index >= 15 is 0 Å². The fraction of sp³-hybridized carbons (Fsp3) is 0.304. The van der Waals surface area contributed by atoms with Gasteiger partial charge in [0.2, 0.25) is 0 Å². The van der Waals surface area contributed by atoms with Gasteiger partial charge < -0.3 is 10.2 Å². The predicted octanol–water partition coefficient (Wildman–Crippen LogP) is 3.92. The van der Waals surface area contributed by atoms with Crippen LogP contribution in [-0.2, 0) is 6.42 Å². The van der Waals surface area contributed by atoms with Crippen LogP contribution in [0.15, 0.2) is 54.7 Å². The standard InChI is InChI=1S/C23H28N4O/c1-17-7-5-9-21(15-17)27-18(2)22(16-25-27)23(28)24-14-6-8-19-10-12-20(13-11-19)26(3)4/h5,7,9-13,15-16H,6,8,14H2,1-4H3,(H,24,28). The molecule has 5 nitrogen and oxygen atoms in total. The number of hydrogen-bond donors (Lipinski definition) is 1. The Labute approximate surface area is 167 Å². The Morgan fingerprint density at radius 3 is 2.54 bits per heavy atom. The molecule has 146 valence electrons. The van der Waals surface area contributed by atoms with Crippen LogP contribution in [0, 0.1) is 13.8 Å². The van der Waals surface area contributed by atoms with Gasteiger partial charge in [-0.3, -0.25) is 4.79 Å². The van der Waals surface area contributed by atoms with Crippen LogP contribution in [0.1, 0.15) is 33.6 Å². The number of aryl methyl sites for hydroxylation is 2. The molecule has 0 atom stereocenters. The number of nitrogens with one attached hydrogen (secondary N) is 1.